The average molecular weight is 580 g/mol. The monoisotopic (exact) mass is 579 g/mol. The van der Waals surface area contributed by atoms with Gasteiger partial charge in [0.15, 0.2) is 5.43 Å². The Hall–Kier alpha value is -4.59. The molecule has 0 bridgehead atoms. The fraction of sp³-hybridized carbons (Fsp3) is 0.250. The van der Waals surface area contributed by atoms with Gasteiger partial charge in [-0.25, -0.2) is 0 Å². The Kier molecular flexibility index (Phi) is 10.1. The number of nitrogens with one attached hydrogen (secondary N) is 1. The fourth-order valence-electron chi connectivity index (χ4n) is 4.52. The third-order valence-corrected chi connectivity index (χ3v) is 6.74. The molecule has 2 N–H and O–H groups in total. The van der Waals surface area contributed by atoms with E-state index in [0.29, 0.717) is 65.2 Å². The summed E-state index contributed by atoms with van der Waals surface area (Å²) >= 11 is 0. The van der Waals surface area contributed by atoms with Crippen LogP contribution in [0.4, 0.5) is 0 Å². The Labute approximate surface area is 251 Å². The molecular formula is C36H37NO6. The van der Waals surface area contributed by atoms with Gasteiger partial charge >= 0.3 is 0 Å². The van der Waals surface area contributed by atoms with Gasteiger partial charge in [0.25, 0.3) is 0 Å². The van der Waals surface area contributed by atoms with Crippen molar-refractivity contribution < 1.29 is 23.7 Å². The van der Waals surface area contributed by atoms with Gasteiger partial charge in [0.1, 0.15) is 54.5 Å². The maximum atomic E-state index is 13.1. The summed E-state index contributed by atoms with van der Waals surface area (Å²) in [6, 6.07) is 31.8. The molecule has 5 aromatic rings. The van der Waals surface area contributed by atoms with Crippen molar-refractivity contribution in [2.45, 2.75) is 33.2 Å². The predicted molar refractivity (Wildman–Crippen MR) is 169 cm³/mol. The third kappa shape index (κ3) is 8.70. The minimum absolute atomic E-state index is 0.115. The number of hydrogen-bond acceptors (Lipinski definition) is 7. The van der Waals surface area contributed by atoms with Gasteiger partial charge < -0.3 is 29.1 Å². The number of rotatable bonds is 14. The summed E-state index contributed by atoms with van der Waals surface area (Å²) in [5.74, 6) is 2.55. The van der Waals surface area contributed by atoms with E-state index in [1.807, 2.05) is 78.9 Å². The maximum Gasteiger partial charge on any atom is 0.193 e. The zero-order chi connectivity index (χ0) is 30.0. The topological polar surface area (TPSA) is 90.2 Å². The molecule has 1 atom stereocenters. The van der Waals surface area contributed by atoms with Crippen LogP contribution in [0.25, 0.3) is 22.3 Å². The molecule has 7 nitrogen and oxygen atoms in total. The van der Waals surface area contributed by atoms with Crippen molar-refractivity contribution in [1.82, 2.24) is 5.32 Å². The zero-order valence-corrected chi connectivity index (χ0v) is 24.5. The van der Waals surface area contributed by atoms with Gasteiger partial charge in [-0.3, -0.25) is 4.79 Å². The van der Waals surface area contributed by atoms with Crippen LogP contribution in [0.3, 0.4) is 0 Å². The molecular weight excluding hydrogens is 542 g/mol. The molecule has 0 amide bonds. The predicted octanol–water partition coefficient (Wildman–Crippen LogP) is 6.60. The number of benzene rings is 4. The number of hydrogen-bond donors (Lipinski definition) is 2. The normalized spacial score (nSPS) is 11.9. The Balaban J connectivity index is 1.39. The smallest absolute Gasteiger partial charge is 0.193 e. The molecule has 5 rings (SSSR count). The summed E-state index contributed by atoms with van der Waals surface area (Å²) < 4.78 is 24.3. The van der Waals surface area contributed by atoms with Crippen LogP contribution < -0.4 is 25.0 Å². The first kappa shape index (κ1) is 29.9. The van der Waals surface area contributed by atoms with E-state index in [9.17, 15) is 9.90 Å². The summed E-state index contributed by atoms with van der Waals surface area (Å²) in [5.41, 5.74) is 2.92. The van der Waals surface area contributed by atoms with Crippen molar-refractivity contribution >= 4 is 11.0 Å². The van der Waals surface area contributed by atoms with E-state index in [1.165, 1.54) is 6.07 Å². The van der Waals surface area contributed by atoms with Crippen molar-refractivity contribution in [2.24, 2.45) is 5.92 Å². The lowest BCUT2D eigenvalue weighted by molar-refractivity contribution is 0.106. The second kappa shape index (κ2) is 14.5. The quantitative estimate of drug-likeness (QED) is 0.153. The van der Waals surface area contributed by atoms with E-state index < -0.39 is 6.10 Å². The van der Waals surface area contributed by atoms with Crippen LogP contribution in [0.2, 0.25) is 0 Å². The van der Waals surface area contributed by atoms with Crippen molar-refractivity contribution in [3.05, 3.63) is 124 Å². The number of fused-ring (bicyclic) bond motifs is 1. The van der Waals surface area contributed by atoms with E-state index in [-0.39, 0.29) is 12.0 Å². The van der Waals surface area contributed by atoms with E-state index >= 15 is 0 Å². The van der Waals surface area contributed by atoms with E-state index in [4.69, 9.17) is 18.6 Å². The molecule has 222 valence electrons. The van der Waals surface area contributed by atoms with Gasteiger partial charge in [-0.2, -0.15) is 0 Å². The lowest BCUT2D eigenvalue weighted by Gasteiger charge is -2.15. The molecule has 1 unspecified atom stereocenters. The summed E-state index contributed by atoms with van der Waals surface area (Å²) in [6.07, 6.45) is -0.666. The van der Waals surface area contributed by atoms with Crippen LogP contribution in [0.5, 0.6) is 17.2 Å². The lowest BCUT2D eigenvalue weighted by Crippen LogP contribution is -2.33. The Morgan fingerprint density at radius 3 is 1.95 bits per heavy atom. The molecule has 0 aliphatic heterocycles. The maximum absolute atomic E-state index is 13.1. The molecule has 0 saturated carbocycles. The van der Waals surface area contributed by atoms with Gasteiger partial charge in [-0.1, -0.05) is 74.5 Å². The van der Waals surface area contributed by atoms with Gasteiger partial charge in [-0.15, -0.1) is 0 Å². The summed E-state index contributed by atoms with van der Waals surface area (Å²) in [7, 11) is 0. The number of aliphatic hydroxyl groups is 1. The van der Waals surface area contributed by atoms with Gasteiger partial charge in [-0.05, 0) is 47.9 Å². The molecule has 0 spiro atoms. The molecule has 1 heterocycles. The molecule has 7 heteroatoms. The van der Waals surface area contributed by atoms with Crippen molar-refractivity contribution in [3.8, 4) is 28.6 Å². The number of aliphatic hydroxyl groups excluding tert-OH is 1. The third-order valence-electron chi connectivity index (χ3n) is 6.74. The molecule has 43 heavy (non-hydrogen) atoms. The lowest BCUT2D eigenvalue weighted by atomic mass is 10.1. The highest BCUT2D eigenvalue weighted by molar-refractivity contribution is 5.80. The standard InChI is InChI=1S/C36H37NO6/c1-25(2)20-37-21-29(38)24-42-30-13-14-33-34(39)19-35(43-36(33)18-30)28-15-31(40-22-26-9-5-3-6-10-26)17-32(16-28)41-23-27-11-7-4-8-12-27/h3-19,25,29,37-38H,20-24H2,1-2H3. The van der Waals surface area contributed by atoms with Gasteiger partial charge in [0.05, 0.1) is 5.39 Å². The second-order valence-corrected chi connectivity index (χ2v) is 10.9. The van der Waals surface area contributed by atoms with E-state index in [0.717, 1.165) is 17.7 Å². The largest absolute Gasteiger partial charge is 0.491 e. The fourth-order valence-corrected chi connectivity index (χ4v) is 4.52. The highest BCUT2D eigenvalue weighted by Gasteiger charge is 2.13. The summed E-state index contributed by atoms with van der Waals surface area (Å²) in [4.78, 5) is 13.1. The highest BCUT2D eigenvalue weighted by Crippen LogP contribution is 2.32. The Morgan fingerprint density at radius 1 is 0.721 bits per heavy atom. The van der Waals surface area contributed by atoms with E-state index in [1.54, 1.807) is 18.2 Å². The molecule has 0 aliphatic carbocycles. The van der Waals surface area contributed by atoms with Crippen LogP contribution in [0.1, 0.15) is 25.0 Å². The van der Waals surface area contributed by atoms with Crippen molar-refractivity contribution in [2.75, 3.05) is 19.7 Å². The summed E-state index contributed by atoms with van der Waals surface area (Å²) in [5, 5.41) is 13.9. The molecule has 0 aliphatic rings. The van der Waals surface area contributed by atoms with Crippen LogP contribution in [0.15, 0.2) is 112 Å². The Bertz CT molecular complexity index is 1600. The SMILES string of the molecule is CC(C)CNCC(O)COc1ccc2c(=O)cc(-c3cc(OCc4ccccc4)cc(OCc4ccccc4)c3)oc2c1. The molecule has 0 radical (unpaired) electrons. The molecule has 0 saturated heterocycles. The van der Waals surface area contributed by atoms with Crippen LogP contribution in [0, 0.1) is 5.92 Å². The Morgan fingerprint density at radius 2 is 1.35 bits per heavy atom. The number of ether oxygens (including phenoxy) is 3. The van der Waals surface area contributed by atoms with Crippen molar-refractivity contribution in [1.29, 1.82) is 0 Å². The second-order valence-electron chi connectivity index (χ2n) is 10.9. The average Bonchev–Trinajstić information content (AvgIpc) is 3.02. The van der Waals surface area contributed by atoms with Crippen LogP contribution in [-0.2, 0) is 13.2 Å². The summed E-state index contributed by atoms with van der Waals surface area (Å²) in [6.45, 7) is 6.34. The van der Waals surface area contributed by atoms with E-state index in [2.05, 4.69) is 19.2 Å². The van der Waals surface area contributed by atoms with Crippen molar-refractivity contribution in [3.63, 3.8) is 0 Å². The highest BCUT2D eigenvalue weighted by atomic mass is 16.5. The first-order valence-corrected chi connectivity index (χ1v) is 14.5. The zero-order valence-electron chi connectivity index (χ0n) is 24.5. The van der Waals surface area contributed by atoms with Gasteiger partial charge in [0.2, 0.25) is 0 Å². The minimum atomic E-state index is -0.666. The van der Waals surface area contributed by atoms with Crippen LogP contribution in [-0.4, -0.2) is 30.9 Å². The minimum Gasteiger partial charge on any atom is -0.491 e. The molecule has 4 aromatic carbocycles. The molecule has 0 fully saturated rings. The first-order valence-electron chi connectivity index (χ1n) is 14.5. The molecule has 1 aromatic heterocycles. The van der Waals surface area contributed by atoms with Gasteiger partial charge in [0, 0.05) is 30.3 Å². The first-order chi connectivity index (χ1) is 20.9. The van der Waals surface area contributed by atoms with Crippen LogP contribution >= 0.6 is 0 Å².